The molecule has 0 saturated heterocycles. The maximum Gasteiger partial charge on any atom is 0.267 e. The molecule has 0 atom stereocenters. The van der Waals surface area contributed by atoms with Gasteiger partial charge in [0.1, 0.15) is 17.7 Å². The number of carbonyl (C=O) groups excluding carboxylic acids is 1. The Morgan fingerprint density at radius 3 is 2.82 bits per heavy atom. The van der Waals surface area contributed by atoms with Gasteiger partial charge in [-0.05, 0) is 35.4 Å². The Kier molecular flexibility index (Phi) is 4.67. The van der Waals surface area contributed by atoms with E-state index in [9.17, 15) is 13.6 Å². The number of halogens is 2. The second kappa shape index (κ2) is 7.43. The van der Waals surface area contributed by atoms with Crippen molar-refractivity contribution in [2.75, 3.05) is 0 Å². The van der Waals surface area contributed by atoms with E-state index < -0.39 is 11.6 Å². The molecular weight excluding hydrogens is 366 g/mol. The summed E-state index contributed by atoms with van der Waals surface area (Å²) in [7, 11) is 0. The first-order valence-corrected chi connectivity index (χ1v) is 8.37. The molecule has 1 aromatic carbocycles. The largest absolute Gasteiger partial charge is 0.363 e. The van der Waals surface area contributed by atoms with Crippen molar-refractivity contribution in [2.24, 2.45) is 0 Å². The van der Waals surface area contributed by atoms with Crippen molar-refractivity contribution in [3.63, 3.8) is 0 Å². The van der Waals surface area contributed by atoms with Crippen LogP contribution in [0, 0.1) is 11.6 Å². The molecule has 4 rings (SSSR count). The molecule has 8 heteroatoms. The lowest BCUT2D eigenvalue weighted by Crippen LogP contribution is -2.23. The topological polar surface area (TPSA) is 83.8 Å². The summed E-state index contributed by atoms with van der Waals surface area (Å²) in [5.41, 5.74) is 3.10. The van der Waals surface area contributed by atoms with Crippen molar-refractivity contribution in [2.45, 2.75) is 6.54 Å². The highest BCUT2D eigenvalue weighted by Crippen LogP contribution is 2.32. The predicted molar refractivity (Wildman–Crippen MR) is 97.0 cm³/mol. The van der Waals surface area contributed by atoms with Crippen LogP contribution in [0.5, 0.6) is 0 Å². The van der Waals surface area contributed by atoms with E-state index in [-0.39, 0.29) is 5.91 Å². The highest BCUT2D eigenvalue weighted by atomic mass is 19.2. The second-order valence-corrected chi connectivity index (χ2v) is 6.05. The van der Waals surface area contributed by atoms with Crippen molar-refractivity contribution in [3.8, 4) is 22.4 Å². The number of amides is 1. The van der Waals surface area contributed by atoms with Gasteiger partial charge in [-0.25, -0.2) is 8.78 Å². The summed E-state index contributed by atoms with van der Waals surface area (Å²) in [6.45, 7) is 0.338. The van der Waals surface area contributed by atoms with Crippen molar-refractivity contribution in [1.29, 1.82) is 0 Å². The first-order valence-electron chi connectivity index (χ1n) is 8.37. The van der Waals surface area contributed by atoms with Gasteiger partial charge in [-0.15, -0.1) is 0 Å². The lowest BCUT2D eigenvalue weighted by atomic mass is 10.0. The minimum Gasteiger partial charge on any atom is -0.363 e. The molecule has 4 aromatic rings. The lowest BCUT2D eigenvalue weighted by molar-refractivity contribution is 0.0946. The number of H-pyrrole nitrogens is 1. The van der Waals surface area contributed by atoms with Crippen molar-refractivity contribution >= 4 is 5.91 Å². The third kappa shape index (κ3) is 3.52. The Hall–Kier alpha value is -3.81. The average Bonchev–Trinajstić information content (AvgIpc) is 3.38. The third-order valence-corrected chi connectivity index (χ3v) is 4.18. The number of pyridine rings is 1. The van der Waals surface area contributed by atoms with Crippen LogP contribution in [0.1, 0.15) is 16.1 Å². The van der Waals surface area contributed by atoms with Crippen LogP contribution < -0.4 is 5.32 Å². The third-order valence-electron chi connectivity index (χ3n) is 4.18. The Morgan fingerprint density at radius 1 is 1.14 bits per heavy atom. The molecule has 140 valence electrons. The minimum atomic E-state index is -0.964. The van der Waals surface area contributed by atoms with E-state index in [1.807, 2.05) is 6.07 Å². The molecule has 6 nitrogen and oxygen atoms in total. The zero-order valence-electron chi connectivity index (χ0n) is 14.4. The van der Waals surface area contributed by atoms with Gasteiger partial charge in [0.2, 0.25) is 0 Å². The van der Waals surface area contributed by atoms with Crippen molar-refractivity contribution < 1.29 is 18.1 Å². The van der Waals surface area contributed by atoms with E-state index in [1.165, 1.54) is 12.3 Å². The summed E-state index contributed by atoms with van der Waals surface area (Å²) in [6, 6.07) is 8.80. The van der Waals surface area contributed by atoms with Gasteiger partial charge < -0.3 is 14.8 Å². The van der Waals surface area contributed by atoms with E-state index in [0.717, 1.165) is 17.7 Å². The smallest absolute Gasteiger partial charge is 0.267 e. The van der Waals surface area contributed by atoms with Crippen LogP contribution >= 0.6 is 0 Å². The maximum absolute atomic E-state index is 13.6. The fourth-order valence-corrected chi connectivity index (χ4v) is 2.76. The summed E-state index contributed by atoms with van der Waals surface area (Å²) in [4.78, 5) is 19.2. The molecule has 0 unspecified atom stereocenters. The van der Waals surface area contributed by atoms with E-state index >= 15 is 0 Å². The maximum atomic E-state index is 13.6. The molecule has 0 aliphatic rings. The molecule has 0 radical (unpaired) electrons. The van der Waals surface area contributed by atoms with Gasteiger partial charge in [-0.3, -0.25) is 9.78 Å². The van der Waals surface area contributed by atoms with Gasteiger partial charge in [0.25, 0.3) is 5.91 Å². The zero-order valence-corrected chi connectivity index (χ0v) is 14.4. The molecule has 1 amide bonds. The number of rotatable bonds is 5. The van der Waals surface area contributed by atoms with Crippen LogP contribution in [-0.2, 0) is 6.54 Å². The number of aromatic nitrogens is 3. The molecule has 0 saturated carbocycles. The standard InChI is InChI=1S/C20H14F2N4O2/c21-16-4-3-13(6-17(16)22)15-11-28-26-19(15)14-7-18(24-10-14)20(27)25-9-12-2-1-5-23-8-12/h1-8,10-11,24H,9H2,(H,25,27). The lowest BCUT2D eigenvalue weighted by Gasteiger charge is -2.03. The van der Waals surface area contributed by atoms with E-state index in [2.05, 4.69) is 20.4 Å². The zero-order chi connectivity index (χ0) is 19.5. The van der Waals surface area contributed by atoms with Crippen LogP contribution in [0.15, 0.2) is 65.8 Å². The minimum absolute atomic E-state index is 0.298. The van der Waals surface area contributed by atoms with Crippen molar-refractivity contribution in [3.05, 3.63) is 84.1 Å². The molecule has 3 heterocycles. The Morgan fingerprint density at radius 2 is 2.04 bits per heavy atom. The van der Waals surface area contributed by atoms with Crippen LogP contribution in [0.3, 0.4) is 0 Å². The molecule has 0 spiro atoms. The van der Waals surface area contributed by atoms with E-state index in [1.54, 1.807) is 30.7 Å². The van der Waals surface area contributed by atoms with E-state index in [0.29, 0.717) is 34.6 Å². The van der Waals surface area contributed by atoms with Gasteiger partial charge in [0.15, 0.2) is 11.6 Å². The molecule has 28 heavy (non-hydrogen) atoms. The molecule has 0 bridgehead atoms. The first-order chi connectivity index (χ1) is 13.6. The number of hydrogen-bond donors (Lipinski definition) is 2. The molecule has 2 N–H and O–H groups in total. The van der Waals surface area contributed by atoms with E-state index in [4.69, 9.17) is 4.52 Å². The summed E-state index contributed by atoms with van der Waals surface area (Å²) < 4.78 is 31.7. The highest BCUT2D eigenvalue weighted by molar-refractivity contribution is 5.94. The highest BCUT2D eigenvalue weighted by Gasteiger charge is 2.17. The van der Waals surface area contributed by atoms with Gasteiger partial charge in [0, 0.05) is 36.3 Å². The van der Waals surface area contributed by atoms with Gasteiger partial charge in [0.05, 0.1) is 0 Å². The summed E-state index contributed by atoms with van der Waals surface area (Å²) >= 11 is 0. The quantitative estimate of drug-likeness (QED) is 0.549. The first kappa shape index (κ1) is 17.6. The Balaban J connectivity index is 1.54. The second-order valence-electron chi connectivity index (χ2n) is 6.05. The fraction of sp³-hybridized carbons (Fsp3) is 0.0500. The van der Waals surface area contributed by atoms with Crippen LogP contribution in [-0.4, -0.2) is 21.0 Å². The number of hydrogen-bond acceptors (Lipinski definition) is 4. The molecular formula is C20H14F2N4O2. The van der Waals surface area contributed by atoms with Gasteiger partial charge >= 0.3 is 0 Å². The SMILES string of the molecule is O=C(NCc1cccnc1)c1cc(-c2nocc2-c2ccc(F)c(F)c2)c[nH]1. The summed E-state index contributed by atoms with van der Waals surface area (Å²) in [6.07, 6.45) is 6.27. The molecule has 0 aliphatic heterocycles. The number of nitrogens with one attached hydrogen (secondary N) is 2. The summed E-state index contributed by atoms with van der Waals surface area (Å²) in [5.74, 6) is -2.20. The Labute approximate surface area is 158 Å². The number of carbonyl (C=O) groups is 1. The molecule has 0 fully saturated rings. The van der Waals surface area contributed by atoms with Crippen LogP contribution in [0.2, 0.25) is 0 Å². The average molecular weight is 380 g/mol. The normalized spacial score (nSPS) is 10.8. The van der Waals surface area contributed by atoms with Crippen molar-refractivity contribution in [1.82, 2.24) is 20.4 Å². The predicted octanol–water partition coefficient (Wildman–Crippen LogP) is 3.94. The molecule has 3 aromatic heterocycles. The number of aromatic amines is 1. The van der Waals surface area contributed by atoms with Crippen LogP contribution in [0.25, 0.3) is 22.4 Å². The van der Waals surface area contributed by atoms with Gasteiger partial charge in [-0.1, -0.05) is 17.3 Å². The Bertz CT molecular complexity index is 1120. The monoisotopic (exact) mass is 380 g/mol. The number of nitrogens with zero attached hydrogens (tertiary/aromatic N) is 2. The summed E-state index contributed by atoms with van der Waals surface area (Å²) in [5, 5.41) is 6.72. The molecule has 0 aliphatic carbocycles. The van der Waals surface area contributed by atoms with Crippen LogP contribution in [0.4, 0.5) is 8.78 Å². The fourth-order valence-electron chi connectivity index (χ4n) is 2.76. The number of benzene rings is 1. The van der Waals surface area contributed by atoms with Gasteiger partial charge in [-0.2, -0.15) is 0 Å².